The van der Waals surface area contributed by atoms with E-state index in [0.29, 0.717) is 19.0 Å². The number of thiophene rings is 1. The van der Waals surface area contributed by atoms with Crippen LogP contribution in [-0.2, 0) is 17.6 Å². The van der Waals surface area contributed by atoms with Gasteiger partial charge in [-0.1, -0.05) is 12.1 Å². The molecule has 0 bridgehead atoms. The molecule has 1 aliphatic heterocycles. The number of rotatable bonds is 5. The molecule has 3 aromatic rings. The fourth-order valence-corrected chi connectivity index (χ4v) is 5.90. The normalized spacial score (nSPS) is 17.8. The lowest BCUT2D eigenvalue weighted by molar-refractivity contribution is 0.0239. The molecule has 7 heteroatoms. The number of ether oxygens (including phenoxy) is 1. The number of fused-ring (bicyclic) bond motifs is 1. The van der Waals surface area contributed by atoms with E-state index in [4.69, 9.17) is 9.15 Å². The van der Waals surface area contributed by atoms with Crippen LogP contribution in [0, 0.1) is 5.82 Å². The number of morpholine rings is 1. The zero-order valence-electron chi connectivity index (χ0n) is 17.2. The molecule has 1 aromatic carbocycles. The molecular formula is C24H25FN2O3S. The van der Waals surface area contributed by atoms with Crippen LogP contribution >= 0.6 is 11.3 Å². The van der Waals surface area contributed by atoms with E-state index >= 15 is 0 Å². The Labute approximate surface area is 184 Å². The topological polar surface area (TPSA) is 54.7 Å². The van der Waals surface area contributed by atoms with E-state index in [9.17, 15) is 9.18 Å². The molecule has 1 saturated heterocycles. The van der Waals surface area contributed by atoms with Crippen LogP contribution in [0.15, 0.2) is 47.1 Å². The van der Waals surface area contributed by atoms with Crippen molar-refractivity contribution in [1.82, 2.24) is 4.90 Å². The van der Waals surface area contributed by atoms with Gasteiger partial charge in [0.05, 0.1) is 25.5 Å². The molecule has 2 aromatic heterocycles. The molecule has 0 radical (unpaired) electrons. The SMILES string of the molecule is O=C(Nc1sc2c(c1C(c1ccc(F)cc1)N1CCOCC1)CCCC2)c1ccco1. The van der Waals surface area contributed by atoms with Crippen LogP contribution in [0.3, 0.4) is 0 Å². The van der Waals surface area contributed by atoms with Crippen molar-refractivity contribution >= 4 is 22.2 Å². The van der Waals surface area contributed by atoms with Gasteiger partial charge in [0.15, 0.2) is 5.76 Å². The van der Waals surface area contributed by atoms with Crippen molar-refractivity contribution in [1.29, 1.82) is 0 Å². The van der Waals surface area contributed by atoms with Crippen LogP contribution in [0.4, 0.5) is 9.39 Å². The number of furan rings is 1. The van der Waals surface area contributed by atoms with Gasteiger partial charge in [-0.15, -0.1) is 11.3 Å². The quantitative estimate of drug-likeness (QED) is 0.604. The molecule has 1 aliphatic carbocycles. The number of anilines is 1. The summed E-state index contributed by atoms with van der Waals surface area (Å²) in [5.74, 6) is -0.199. The third-order valence-electron chi connectivity index (χ3n) is 6.05. The zero-order chi connectivity index (χ0) is 21.2. The van der Waals surface area contributed by atoms with Gasteiger partial charge in [-0.3, -0.25) is 9.69 Å². The Bertz CT molecular complexity index is 1040. The van der Waals surface area contributed by atoms with Crippen LogP contribution in [0.2, 0.25) is 0 Å². The molecule has 1 unspecified atom stereocenters. The number of nitrogens with zero attached hydrogens (tertiary/aromatic N) is 1. The zero-order valence-corrected chi connectivity index (χ0v) is 18.1. The van der Waals surface area contributed by atoms with Gasteiger partial charge in [0.1, 0.15) is 10.8 Å². The van der Waals surface area contributed by atoms with Gasteiger partial charge in [0.25, 0.3) is 5.91 Å². The average molecular weight is 441 g/mol. The summed E-state index contributed by atoms with van der Waals surface area (Å²) in [6.45, 7) is 2.91. The van der Waals surface area contributed by atoms with Crippen molar-refractivity contribution in [3.05, 3.63) is 75.8 Å². The van der Waals surface area contributed by atoms with Crippen LogP contribution < -0.4 is 5.32 Å². The first kappa shape index (κ1) is 20.4. The number of amides is 1. The highest BCUT2D eigenvalue weighted by molar-refractivity contribution is 7.16. The smallest absolute Gasteiger partial charge is 0.291 e. The predicted molar refractivity (Wildman–Crippen MR) is 118 cm³/mol. The third kappa shape index (κ3) is 4.18. The fraction of sp³-hybridized carbons (Fsp3) is 0.375. The Morgan fingerprint density at radius 3 is 2.61 bits per heavy atom. The second kappa shape index (κ2) is 8.94. The van der Waals surface area contributed by atoms with Crippen molar-refractivity contribution in [2.75, 3.05) is 31.6 Å². The number of benzene rings is 1. The number of carbonyl (C=O) groups is 1. The third-order valence-corrected chi connectivity index (χ3v) is 7.28. The van der Waals surface area contributed by atoms with Crippen LogP contribution in [0.25, 0.3) is 0 Å². The summed E-state index contributed by atoms with van der Waals surface area (Å²) in [5.41, 5.74) is 3.52. The molecule has 0 saturated carbocycles. The van der Waals surface area contributed by atoms with Gasteiger partial charge in [-0.05, 0) is 61.1 Å². The summed E-state index contributed by atoms with van der Waals surface area (Å²) in [4.78, 5) is 16.6. The maximum atomic E-state index is 13.7. The second-order valence-electron chi connectivity index (χ2n) is 7.99. The summed E-state index contributed by atoms with van der Waals surface area (Å²) in [7, 11) is 0. The first-order valence-electron chi connectivity index (χ1n) is 10.8. The lowest BCUT2D eigenvalue weighted by atomic mass is 9.88. The molecule has 162 valence electrons. The molecule has 3 heterocycles. The molecule has 5 nitrogen and oxygen atoms in total. The number of carbonyl (C=O) groups excluding carboxylic acids is 1. The average Bonchev–Trinajstić information content (AvgIpc) is 3.45. The Balaban J connectivity index is 1.60. The molecule has 1 amide bonds. The van der Waals surface area contributed by atoms with E-state index in [0.717, 1.165) is 54.9 Å². The molecule has 2 aliphatic rings. The molecular weight excluding hydrogens is 415 g/mol. The molecule has 5 rings (SSSR count). The second-order valence-corrected chi connectivity index (χ2v) is 9.09. The molecule has 1 atom stereocenters. The summed E-state index contributed by atoms with van der Waals surface area (Å²) in [6, 6.07) is 10.1. The maximum absolute atomic E-state index is 13.7. The molecule has 1 N–H and O–H groups in total. The van der Waals surface area contributed by atoms with Crippen LogP contribution in [-0.4, -0.2) is 37.1 Å². The summed E-state index contributed by atoms with van der Waals surface area (Å²) in [6.07, 6.45) is 5.84. The number of nitrogens with one attached hydrogen (secondary N) is 1. The molecule has 0 spiro atoms. The Hall–Kier alpha value is -2.48. The lowest BCUT2D eigenvalue weighted by Gasteiger charge is -2.36. The minimum Gasteiger partial charge on any atom is -0.459 e. The van der Waals surface area contributed by atoms with Gasteiger partial charge in [-0.2, -0.15) is 0 Å². The predicted octanol–water partition coefficient (Wildman–Crippen LogP) is 5.03. The van der Waals surface area contributed by atoms with Gasteiger partial charge in [0.2, 0.25) is 0 Å². The molecule has 1 fully saturated rings. The first-order chi connectivity index (χ1) is 15.2. The van der Waals surface area contributed by atoms with Crippen molar-refractivity contribution in [2.24, 2.45) is 0 Å². The number of halogens is 1. The summed E-state index contributed by atoms with van der Waals surface area (Å²) >= 11 is 1.67. The monoisotopic (exact) mass is 440 g/mol. The van der Waals surface area contributed by atoms with Crippen molar-refractivity contribution < 1.29 is 18.3 Å². The van der Waals surface area contributed by atoms with Gasteiger partial charge >= 0.3 is 0 Å². The molecule has 31 heavy (non-hydrogen) atoms. The first-order valence-corrected chi connectivity index (χ1v) is 11.6. The van der Waals surface area contributed by atoms with E-state index in [2.05, 4.69) is 10.2 Å². The Kier molecular flexibility index (Phi) is 5.89. The van der Waals surface area contributed by atoms with E-state index in [1.165, 1.54) is 28.8 Å². The van der Waals surface area contributed by atoms with Crippen LogP contribution in [0.5, 0.6) is 0 Å². The number of hydrogen-bond donors (Lipinski definition) is 1. The van der Waals surface area contributed by atoms with Crippen molar-refractivity contribution in [3.63, 3.8) is 0 Å². The maximum Gasteiger partial charge on any atom is 0.291 e. The number of hydrogen-bond acceptors (Lipinski definition) is 5. The Morgan fingerprint density at radius 2 is 1.87 bits per heavy atom. The lowest BCUT2D eigenvalue weighted by Crippen LogP contribution is -2.40. The number of aryl methyl sites for hydroxylation is 1. The highest BCUT2D eigenvalue weighted by atomic mass is 32.1. The van der Waals surface area contributed by atoms with Crippen LogP contribution in [0.1, 0.15) is 51.0 Å². The van der Waals surface area contributed by atoms with E-state index in [1.54, 1.807) is 23.5 Å². The van der Waals surface area contributed by atoms with Crippen molar-refractivity contribution in [2.45, 2.75) is 31.7 Å². The highest BCUT2D eigenvalue weighted by Crippen LogP contribution is 2.45. The highest BCUT2D eigenvalue weighted by Gasteiger charge is 2.33. The van der Waals surface area contributed by atoms with Gasteiger partial charge in [0, 0.05) is 23.5 Å². The van der Waals surface area contributed by atoms with E-state index < -0.39 is 0 Å². The van der Waals surface area contributed by atoms with Gasteiger partial charge in [-0.25, -0.2) is 4.39 Å². The van der Waals surface area contributed by atoms with E-state index in [1.807, 2.05) is 12.1 Å². The standard InChI is InChI=1S/C24H25FN2O3S/c25-17-9-7-16(8-10-17)22(27-11-14-29-15-12-27)21-18-4-1-2-6-20(18)31-24(21)26-23(28)19-5-3-13-30-19/h3,5,7-10,13,22H,1-2,4,6,11-12,14-15H2,(H,26,28). The largest absolute Gasteiger partial charge is 0.459 e. The Morgan fingerprint density at radius 1 is 1.10 bits per heavy atom. The minimum absolute atomic E-state index is 0.0606. The minimum atomic E-state index is -0.247. The summed E-state index contributed by atoms with van der Waals surface area (Å²) < 4.78 is 24.6. The summed E-state index contributed by atoms with van der Waals surface area (Å²) in [5, 5.41) is 3.99. The van der Waals surface area contributed by atoms with Gasteiger partial charge < -0.3 is 14.5 Å². The van der Waals surface area contributed by atoms with Crippen molar-refractivity contribution in [3.8, 4) is 0 Å². The van der Waals surface area contributed by atoms with E-state index in [-0.39, 0.29) is 17.8 Å². The fourth-order valence-electron chi connectivity index (χ4n) is 4.59.